The summed E-state index contributed by atoms with van der Waals surface area (Å²) < 4.78 is 27.3. The van der Waals surface area contributed by atoms with E-state index in [2.05, 4.69) is 0 Å². The second kappa shape index (κ2) is 4.50. The van der Waals surface area contributed by atoms with E-state index in [4.69, 9.17) is 0 Å². The van der Waals surface area contributed by atoms with Crippen molar-refractivity contribution in [2.24, 2.45) is 0 Å². The van der Waals surface area contributed by atoms with Crippen LogP contribution in [-0.4, -0.2) is 5.11 Å². The minimum atomic E-state index is -2.81. The fraction of sp³-hybridized carbons (Fsp3) is 0.538. The van der Waals surface area contributed by atoms with E-state index in [0.29, 0.717) is 12.0 Å². The number of hydrogen-bond acceptors (Lipinski definition) is 1. The summed E-state index contributed by atoms with van der Waals surface area (Å²) in [6.45, 7) is 4.90. The van der Waals surface area contributed by atoms with Crippen molar-refractivity contribution >= 4 is 0 Å². The van der Waals surface area contributed by atoms with E-state index in [9.17, 15) is 13.9 Å². The van der Waals surface area contributed by atoms with Gasteiger partial charge in [-0.05, 0) is 25.5 Å². The predicted molar refractivity (Wildman–Crippen MR) is 60.5 cm³/mol. The van der Waals surface area contributed by atoms with Crippen molar-refractivity contribution in [3.8, 4) is 0 Å². The zero-order valence-electron chi connectivity index (χ0n) is 9.93. The summed E-state index contributed by atoms with van der Waals surface area (Å²) in [6, 6.07) is 6.01. The number of halogens is 2. The first-order chi connectivity index (χ1) is 7.27. The molecule has 0 bridgehead atoms. The Bertz CT molecular complexity index is 353. The van der Waals surface area contributed by atoms with Gasteiger partial charge in [0.15, 0.2) is 0 Å². The Morgan fingerprint density at radius 3 is 2.25 bits per heavy atom. The van der Waals surface area contributed by atoms with Crippen molar-refractivity contribution in [2.75, 3.05) is 0 Å². The smallest absolute Gasteiger partial charge is 0.273 e. The standard InChI is InChI=1S/C13H18F2O/c1-4-8-13(14,15)11-7-5-6-10(9-11)12(2,3)16/h5-7,9,16H,4,8H2,1-3H3. The lowest BCUT2D eigenvalue weighted by atomic mass is 9.94. The third-order valence-electron chi connectivity index (χ3n) is 2.56. The molecule has 0 atom stereocenters. The van der Waals surface area contributed by atoms with E-state index in [-0.39, 0.29) is 12.0 Å². The van der Waals surface area contributed by atoms with Gasteiger partial charge in [0.1, 0.15) is 0 Å². The van der Waals surface area contributed by atoms with Gasteiger partial charge in [-0.25, -0.2) is 8.78 Å². The SMILES string of the molecule is CCCC(F)(F)c1cccc(C(C)(C)O)c1. The normalized spacial score (nSPS) is 12.9. The Hall–Kier alpha value is -0.960. The minimum Gasteiger partial charge on any atom is -0.386 e. The molecule has 90 valence electrons. The van der Waals surface area contributed by atoms with Crippen LogP contribution in [0, 0.1) is 0 Å². The van der Waals surface area contributed by atoms with Crippen molar-refractivity contribution in [3.05, 3.63) is 35.4 Å². The molecule has 0 aliphatic heterocycles. The third-order valence-corrected chi connectivity index (χ3v) is 2.56. The van der Waals surface area contributed by atoms with Crippen LogP contribution in [0.3, 0.4) is 0 Å². The van der Waals surface area contributed by atoms with Gasteiger partial charge in [-0.15, -0.1) is 0 Å². The molecule has 1 N–H and O–H groups in total. The molecule has 1 aromatic rings. The number of aliphatic hydroxyl groups is 1. The highest BCUT2D eigenvalue weighted by atomic mass is 19.3. The molecule has 1 nitrogen and oxygen atoms in total. The topological polar surface area (TPSA) is 20.2 Å². The number of alkyl halides is 2. The lowest BCUT2D eigenvalue weighted by molar-refractivity contribution is -0.0144. The number of hydrogen-bond donors (Lipinski definition) is 1. The van der Waals surface area contributed by atoms with Crippen LogP contribution in [-0.2, 0) is 11.5 Å². The van der Waals surface area contributed by atoms with Crippen LogP contribution in [0.15, 0.2) is 24.3 Å². The lowest BCUT2D eigenvalue weighted by Gasteiger charge is -2.21. The van der Waals surface area contributed by atoms with Crippen LogP contribution in [0.25, 0.3) is 0 Å². The monoisotopic (exact) mass is 228 g/mol. The van der Waals surface area contributed by atoms with Crippen molar-refractivity contribution in [3.63, 3.8) is 0 Å². The van der Waals surface area contributed by atoms with Gasteiger partial charge in [-0.3, -0.25) is 0 Å². The van der Waals surface area contributed by atoms with Gasteiger partial charge in [0.25, 0.3) is 5.92 Å². The highest BCUT2D eigenvalue weighted by Crippen LogP contribution is 2.34. The van der Waals surface area contributed by atoms with Crippen molar-refractivity contribution in [2.45, 2.75) is 45.1 Å². The van der Waals surface area contributed by atoms with Gasteiger partial charge >= 0.3 is 0 Å². The van der Waals surface area contributed by atoms with Crippen LogP contribution in [0.2, 0.25) is 0 Å². The first kappa shape index (κ1) is 13.1. The number of benzene rings is 1. The van der Waals surface area contributed by atoms with E-state index in [0.717, 1.165) is 0 Å². The summed E-state index contributed by atoms with van der Waals surface area (Å²) in [5, 5.41) is 9.76. The molecule has 1 rings (SSSR count). The largest absolute Gasteiger partial charge is 0.386 e. The third kappa shape index (κ3) is 3.01. The van der Waals surface area contributed by atoms with Gasteiger partial charge in [-0.1, -0.05) is 31.5 Å². The highest BCUT2D eigenvalue weighted by Gasteiger charge is 2.31. The van der Waals surface area contributed by atoms with Gasteiger partial charge in [0, 0.05) is 12.0 Å². The summed E-state index contributed by atoms with van der Waals surface area (Å²) in [5.74, 6) is -2.81. The Kier molecular flexibility index (Phi) is 3.68. The van der Waals surface area contributed by atoms with Crippen LogP contribution in [0.4, 0.5) is 8.78 Å². The summed E-state index contributed by atoms with van der Waals surface area (Å²) in [4.78, 5) is 0. The molecule has 0 radical (unpaired) electrons. The van der Waals surface area contributed by atoms with Crippen molar-refractivity contribution in [1.29, 1.82) is 0 Å². The lowest BCUT2D eigenvalue weighted by Crippen LogP contribution is -2.18. The first-order valence-electron chi connectivity index (χ1n) is 5.48. The fourth-order valence-electron chi connectivity index (χ4n) is 1.59. The molecule has 1 aromatic carbocycles. The quantitative estimate of drug-likeness (QED) is 0.830. The van der Waals surface area contributed by atoms with Crippen LogP contribution < -0.4 is 0 Å². The summed E-state index contributed by atoms with van der Waals surface area (Å²) in [7, 11) is 0. The number of rotatable bonds is 4. The van der Waals surface area contributed by atoms with Crippen molar-refractivity contribution in [1.82, 2.24) is 0 Å². The van der Waals surface area contributed by atoms with E-state index in [1.54, 1.807) is 32.9 Å². The van der Waals surface area contributed by atoms with Gasteiger partial charge in [0.2, 0.25) is 0 Å². The molecule has 16 heavy (non-hydrogen) atoms. The molecule has 0 amide bonds. The van der Waals surface area contributed by atoms with Crippen LogP contribution >= 0.6 is 0 Å². The molecular weight excluding hydrogens is 210 g/mol. The first-order valence-corrected chi connectivity index (χ1v) is 5.48. The van der Waals surface area contributed by atoms with E-state index < -0.39 is 11.5 Å². The molecule has 0 spiro atoms. The second-order valence-corrected chi connectivity index (χ2v) is 4.59. The summed E-state index contributed by atoms with van der Waals surface area (Å²) in [6.07, 6.45) is 0.266. The zero-order chi connectivity index (χ0) is 12.4. The van der Waals surface area contributed by atoms with E-state index >= 15 is 0 Å². The molecular formula is C13H18F2O. The molecule has 0 heterocycles. The summed E-state index contributed by atoms with van der Waals surface area (Å²) in [5.41, 5.74) is -0.590. The Morgan fingerprint density at radius 1 is 1.19 bits per heavy atom. The molecule has 0 saturated carbocycles. The zero-order valence-corrected chi connectivity index (χ0v) is 9.93. The average molecular weight is 228 g/mol. The van der Waals surface area contributed by atoms with Crippen LogP contribution in [0.5, 0.6) is 0 Å². The van der Waals surface area contributed by atoms with E-state index in [1.807, 2.05) is 0 Å². The highest BCUT2D eigenvalue weighted by molar-refractivity contribution is 5.30. The molecule has 3 heteroatoms. The Labute approximate surface area is 95.1 Å². The molecule has 0 aromatic heterocycles. The Morgan fingerprint density at radius 2 is 1.75 bits per heavy atom. The minimum absolute atomic E-state index is 0.0195. The van der Waals surface area contributed by atoms with Gasteiger partial charge in [0.05, 0.1) is 5.60 Å². The summed E-state index contributed by atoms with van der Waals surface area (Å²) >= 11 is 0. The molecule has 0 aliphatic carbocycles. The fourth-order valence-corrected chi connectivity index (χ4v) is 1.59. The van der Waals surface area contributed by atoms with Gasteiger partial charge < -0.3 is 5.11 Å². The molecule has 0 saturated heterocycles. The maximum atomic E-state index is 13.6. The van der Waals surface area contributed by atoms with Gasteiger partial charge in [-0.2, -0.15) is 0 Å². The van der Waals surface area contributed by atoms with Crippen LogP contribution in [0.1, 0.15) is 44.7 Å². The maximum Gasteiger partial charge on any atom is 0.273 e. The Balaban J connectivity index is 3.08. The predicted octanol–water partition coefficient (Wildman–Crippen LogP) is 3.81. The molecule has 0 aliphatic rings. The molecule has 0 unspecified atom stereocenters. The maximum absolute atomic E-state index is 13.6. The second-order valence-electron chi connectivity index (χ2n) is 4.59. The van der Waals surface area contributed by atoms with E-state index in [1.165, 1.54) is 12.1 Å². The van der Waals surface area contributed by atoms with Crippen molar-refractivity contribution < 1.29 is 13.9 Å². The molecule has 0 fully saturated rings. The average Bonchev–Trinajstić information content (AvgIpc) is 2.16.